The number of halogens is 1. The van der Waals surface area contributed by atoms with Crippen LogP contribution in [-0.2, 0) is 0 Å². The van der Waals surface area contributed by atoms with E-state index in [0.29, 0.717) is 22.2 Å². The maximum atomic E-state index is 12.6. The smallest absolute Gasteiger partial charge is 0.291 e. The van der Waals surface area contributed by atoms with Crippen LogP contribution in [0.5, 0.6) is 0 Å². The van der Waals surface area contributed by atoms with Crippen molar-refractivity contribution in [1.29, 1.82) is 0 Å². The predicted molar refractivity (Wildman–Crippen MR) is 98.5 cm³/mol. The molecule has 0 bridgehead atoms. The maximum Gasteiger partial charge on any atom is 0.291 e. The minimum Gasteiger partial charge on any atom is -0.451 e. The van der Waals surface area contributed by atoms with Crippen LogP contribution in [0.2, 0.25) is 5.02 Å². The van der Waals surface area contributed by atoms with Gasteiger partial charge in [-0.2, -0.15) is 0 Å². The second kappa shape index (κ2) is 6.85. The molecule has 2 aromatic heterocycles. The Hall–Kier alpha value is -3.38. The lowest BCUT2D eigenvalue weighted by atomic mass is 10.2. The Labute approximate surface area is 154 Å². The van der Waals surface area contributed by atoms with E-state index < -0.39 is 0 Å². The minimum absolute atomic E-state index is 0.188. The summed E-state index contributed by atoms with van der Waals surface area (Å²) in [5.41, 5.74) is 2.03. The monoisotopic (exact) mass is 364 g/mol. The van der Waals surface area contributed by atoms with E-state index in [-0.39, 0.29) is 11.7 Å². The SMILES string of the molecule is O=C(Nc1ccccc1-n1ccnn1)c1ccc(-c2ccccc2Cl)o1. The molecule has 0 radical (unpaired) electrons. The van der Waals surface area contributed by atoms with E-state index >= 15 is 0 Å². The molecule has 0 aliphatic heterocycles. The Bertz CT molecular complexity index is 1060. The summed E-state index contributed by atoms with van der Waals surface area (Å²) in [5, 5.41) is 11.2. The lowest BCUT2D eigenvalue weighted by Gasteiger charge is -2.09. The summed E-state index contributed by atoms with van der Waals surface area (Å²) in [6, 6.07) is 17.9. The van der Waals surface area contributed by atoms with Crippen molar-refractivity contribution in [3.8, 4) is 17.0 Å². The fourth-order valence-electron chi connectivity index (χ4n) is 2.57. The van der Waals surface area contributed by atoms with E-state index in [0.717, 1.165) is 5.56 Å². The van der Waals surface area contributed by atoms with Gasteiger partial charge in [0.15, 0.2) is 5.76 Å². The van der Waals surface area contributed by atoms with Crippen molar-refractivity contribution in [2.75, 3.05) is 5.32 Å². The quantitative estimate of drug-likeness (QED) is 0.581. The first-order valence-electron chi connectivity index (χ1n) is 7.84. The van der Waals surface area contributed by atoms with Crippen LogP contribution in [0.4, 0.5) is 5.69 Å². The molecule has 0 atom stereocenters. The van der Waals surface area contributed by atoms with Crippen LogP contribution in [-0.4, -0.2) is 20.9 Å². The average Bonchev–Trinajstić information content (AvgIpc) is 3.35. The van der Waals surface area contributed by atoms with Crippen LogP contribution in [0, 0.1) is 0 Å². The van der Waals surface area contributed by atoms with Gasteiger partial charge in [-0.25, -0.2) is 4.68 Å². The molecule has 0 spiro atoms. The third kappa shape index (κ3) is 3.10. The highest BCUT2D eigenvalue weighted by molar-refractivity contribution is 6.33. The molecule has 1 amide bonds. The highest BCUT2D eigenvalue weighted by Crippen LogP contribution is 2.29. The van der Waals surface area contributed by atoms with Crippen molar-refractivity contribution in [2.45, 2.75) is 0 Å². The van der Waals surface area contributed by atoms with Crippen LogP contribution in [0.1, 0.15) is 10.6 Å². The number of nitrogens with zero attached hydrogens (tertiary/aromatic N) is 3. The zero-order valence-corrected chi connectivity index (χ0v) is 14.2. The first kappa shape index (κ1) is 16.1. The standard InChI is InChI=1S/C19H13ClN4O2/c20-14-6-2-1-5-13(14)17-9-10-18(26-17)19(25)22-15-7-3-4-8-16(15)24-12-11-21-23-24/h1-12H,(H,22,25). The van der Waals surface area contributed by atoms with E-state index in [1.807, 2.05) is 36.4 Å². The van der Waals surface area contributed by atoms with Gasteiger partial charge in [0.1, 0.15) is 5.76 Å². The van der Waals surface area contributed by atoms with Gasteiger partial charge in [-0.1, -0.05) is 41.1 Å². The number of furan rings is 1. The second-order valence-electron chi connectivity index (χ2n) is 5.46. The largest absolute Gasteiger partial charge is 0.451 e. The van der Waals surface area contributed by atoms with Crippen LogP contribution in [0.3, 0.4) is 0 Å². The number of carbonyl (C=O) groups excluding carboxylic acids is 1. The summed E-state index contributed by atoms with van der Waals surface area (Å²) < 4.78 is 7.26. The Kier molecular flexibility index (Phi) is 4.25. The van der Waals surface area contributed by atoms with Crippen molar-refractivity contribution in [2.24, 2.45) is 0 Å². The van der Waals surface area contributed by atoms with E-state index in [2.05, 4.69) is 15.6 Å². The van der Waals surface area contributed by atoms with Gasteiger partial charge >= 0.3 is 0 Å². The molecule has 6 nitrogen and oxygen atoms in total. The fourth-order valence-corrected chi connectivity index (χ4v) is 2.79. The van der Waals surface area contributed by atoms with E-state index in [1.54, 1.807) is 41.3 Å². The van der Waals surface area contributed by atoms with Gasteiger partial charge in [-0.3, -0.25) is 4.79 Å². The third-order valence-electron chi connectivity index (χ3n) is 3.79. The number of benzene rings is 2. The normalized spacial score (nSPS) is 10.7. The van der Waals surface area contributed by atoms with Gasteiger partial charge in [0.2, 0.25) is 0 Å². The molecule has 0 saturated carbocycles. The summed E-state index contributed by atoms with van der Waals surface area (Å²) in [5.74, 6) is 0.356. The van der Waals surface area contributed by atoms with Crippen LogP contribution in [0.15, 0.2) is 77.5 Å². The molecule has 0 aliphatic carbocycles. The molecule has 26 heavy (non-hydrogen) atoms. The van der Waals surface area contributed by atoms with Gasteiger partial charge in [-0.15, -0.1) is 5.10 Å². The summed E-state index contributed by atoms with van der Waals surface area (Å²) >= 11 is 6.18. The van der Waals surface area contributed by atoms with Crippen molar-refractivity contribution < 1.29 is 9.21 Å². The topological polar surface area (TPSA) is 73.0 Å². The first-order chi connectivity index (χ1) is 12.7. The highest BCUT2D eigenvalue weighted by Gasteiger charge is 2.15. The maximum absolute atomic E-state index is 12.6. The minimum atomic E-state index is -0.365. The molecular weight excluding hydrogens is 352 g/mol. The Morgan fingerprint density at radius 1 is 1.04 bits per heavy atom. The third-order valence-corrected chi connectivity index (χ3v) is 4.12. The Balaban J connectivity index is 1.60. The van der Waals surface area contributed by atoms with Crippen molar-refractivity contribution >= 4 is 23.2 Å². The molecular formula is C19H13ClN4O2. The van der Waals surface area contributed by atoms with Gasteiger partial charge in [0.25, 0.3) is 5.91 Å². The molecule has 0 fully saturated rings. The molecule has 0 saturated heterocycles. The van der Waals surface area contributed by atoms with Gasteiger partial charge in [0.05, 0.1) is 28.8 Å². The number of aromatic nitrogens is 3. The van der Waals surface area contributed by atoms with E-state index in [9.17, 15) is 4.79 Å². The Morgan fingerprint density at radius 2 is 1.85 bits per heavy atom. The lowest BCUT2D eigenvalue weighted by Crippen LogP contribution is -2.13. The number of hydrogen-bond acceptors (Lipinski definition) is 4. The second-order valence-corrected chi connectivity index (χ2v) is 5.87. The number of amides is 1. The number of carbonyl (C=O) groups is 1. The van der Waals surface area contributed by atoms with E-state index in [1.165, 1.54) is 0 Å². The fraction of sp³-hybridized carbons (Fsp3) is 0. The molecule has 1 N–H and O–H groups in total. The summed E-state index contributed by atoms with van der Waals surface area (Å²) in [6.45, 7) is 0. The van der Waals surface area contributed by atoms with Crippen LogP contribution in [0.25, 0.3) is 17.0 Å². The number of para-hydroxylation sites is 2. The summed E-state index contributed by atoms with van der Waals surface area (Å²) in [7, 11) is 0. The zero-order valence-electron chi connectivity index (χ0n) is 13.5. The predicted octanol–water partition coefficient (Wildman–Crippen LogP) is 4.43. The van der Waals surface area contributed by atoms with Crippen molar-refractivity contribution in [1.82, 2.24) is 15.0 Å². The molecule has 128 valence electrons. The molecule has 0 aliphatic rings. The van der Waals surface area contributed by atoms with Gasteiger partial charge < -0.3 is 9.73 Å². The van der Waals surface area contributed by atoms with Crippen LogP contribution >= 0.6 is 11.6 Å². The highest BCUT2D eigenvalue weighted by atomic mass is 35.5. The van der Waals surface area contributed by atoms with E-state index in [4.69, 9.17) is 16.0 Å². The molecule has 4 aromatic rings. The number of anilines is 1. The summed E-state index contributed by atoms with van der Waals surface area (Å²) in [4.78, 5) is 12.6. The van der Waals surface area contributed by atoms with Crippen molar-refractivity contribution in [3.05, 3.63) is 83.8 Å². The number of nitrogens with one attached hydrogen (secondary N) is 1. The van der Waals surface area contributed by atoms with Crippen molar-refractivity contribution in [3.63, 3.8) is 0 Å². The molecule has 2 heterocycles. The first-order valence-corrected chi connectivity index (χ1v) is 8.22. The molecule has 0 unspecified atom stereocenters. The van der Waals surface area contributed by atoms with Gasteiger partial charge in [0, 0.05) is 5.56 Å². The zero-order chi connectivity index (χ0) is 17.9. The van der Waals surface area contributed by atoms with Gasteiger partial charge in [-0.05, 0) is 36.4 Å². The molecule has 7 heteroatoms. The lowest BCUT2D eigenvalue weighted by molar-refractivity contribution is 0.0997. The molecule has 4 rings (SSSR count). The summed E-state index contributed by atoms with van der Waals surface area (Å²) in [6.07, 6.45) is 3.27. The number of hydrogen-bond donors (Lipinski definition) is 1. The molecule has 2 aromatic carbocycles. The Morgan fingerprint density at radius 3 is 2.65 bits per heavy atom. The number of rotatable bonds is 4. The average molecular weight is 365 g/mol. The van der Waals surface area contributed by atoms with Crippen LogP contribution < -0.4 is 5.32 Å².